The minimum Gasteiger partial charge on any atom is -0.394 e. The number of hydrogen-bond acceptors (Lipinski definition) is 3. The molecule has 0 radical (unpaired) electrons. The minimum atomic E-state index is 0.175. The van der Waals surface area contributed by atoms with Crippen molar-refractivity contribution < 1.29 is 5.11 Å². The van der Waals surface area contributed by atoms with Gasteiger partial charge in [0.2, 0.25) is 0 Å². The SMILES string of the molecule is OCCn1ncc2c1CCCC2NCC1CC1. The molecule has 4 heteroatoms. The van der Waals surface area contributed by atoms with Crippen LogP contribution in [0.1, 0.15) is 43.0 Å². The number of nitrogens with one attached hydrogen (secondary N) is 1. The summed E-state index contributed by atoms with van der Waals surface area (Å²) in [7, 11) is 0. The average molecular weight is 235 g/mol. The van der Waals surface area contributed by atoms with E-state index in [-0.39, 0.29) is 6.61 Å². The first-order valence-corrected chi connectivity index (χ1v) is 6.77. The van der Waals surface area contributed by atoms with Gasteiger partial charge in [-0.25, -0.2) is 0 Å². The average Bonchev–Trinajstić information content (AvgIpc) is 3.09. The third-order valence-corrected chi connectivity index (χ3v) is 3.92. The van der Waals surface area contributed by atoms with Crippen molar-refractivity contribution in [3.8, 4) is 0 Å². The van der Waals surface area contributed by atoms with Crippen molar-refractivity contribution in [3.05, 3.63) is 17.5 Å². The Bertz CT molecular complexity index is 384. The molecule has 3 rings (SSSR count). The van der Waals surface area contributed by atoms with Crippen molar-refractivity contribution >= 4 is 0 Å². The van der Waals surface area contributed by atoms with Crippen LogP contribution in [-0.4, -0.2) is 28.0 Å². The molecule has 0 amide bonds. The summed E-state index contributed by atoms with van der Waals surface area (Å²) in [4.78, 5) is 0. The van der Waals surface area contributed by atoms with Crippen LogP contribution in [0.4, 0.5) is 0 Å². The standard InChI is InChI=1S/C13H21N3O/c17-7-6-16-13-3-1-2-12(11(13)9-15-16)14-8-10-4-5-10/h9-10,12,14,17H,1-8H2. The van der Waals surface area contributed by atoms with Crippen molar-refractivity contribution in [2.75, 3.05) is 13.2 Å². The van der Waals surface area contributed by atoms with Crippen molar-refractivity contribution in [1.82, 2.24) is 15.1 Å². The Morgan fingerprint density at radius 2 is 2.29 bits per heavy atom. The van der Waals surface area contributed by atoms with Crippen LogP contribution >= 0.6 is 0 Å². The predicted molar refractivity (Wildman–Crippen MR) is 65.7 cm³/mol. The first kappa shape index (κ1) is 11.2. The van der Waals surface area contributed by atoms with E-state index < -0.39 is 0 Å². The molecular formula is C13H21N3O. The Labute approximate surface area is 102 Å². The van der Waals surface area contributed by atoms with Crippen molar-refractivity contribution in [2.24, 2.45) is 5.92 Å². The van der Waals surface area contributed by atoms with E-state index >= 15 is 0 Å². The lowest BCUT2D eigenvalue weighted by Crippen LogP contribution is -2.27. The fraction of sp³-hybridized carbons (Fsp3) is 0.769. The van der Waals surface area contributed by atoms with Gasteiger partial charge in [-0.1, -0.05) is 0 Å². The topological polar surface area (TPSA) is 50.1 Å². The highest BCUT2D eigenvalue weighted by Crippen LogP contribution is 2.32. The summed E-state index contributed by atoms with van der Waals surface area (Å²) in [5.41, 5.74) is 2.70. The summed E-state index contributed by atoms with van der Waals surface area (Å²) in [6.45, 7) is 1.97. The molecule has 0 saturated heterocycles. The third kappa shape index (κ3) is 2.38. The minimum absolute atomic E-state index is 0.175. The zero-order valence-corrected chi connectivity index (χ0v) is 10.2. The van der Waals surface area contributed by atoms with Crippen LogP contribution in [0.5, 0.6) is 0 Å². The largest absolute Gasteiger partial charge is 0.394 e. The van der Waals surface area contributed by atoms with Crippen molar-refractivity contribution in [3.63, 3.8) is 0 Å². The Kier molecular flexibility index (Phi) is 3.16. The number of hydrogen-bond donors (Lipinski definition) is 2. The molecule has 1 saturated carbocycles. The molecule has 1 heterocycles. The van der Waals surface area contributed by atoms with E-state index in [4.69, 9.17) is 5.11 Å². The van der Waals surface area contributed by atoms with E-state index in [0.29, 0.717) is 12.6 Å². The summed E-state index contributed by atoms with van der Waals surface area (Å²) >= 11 is 0. The van der Waals surface area contributed by atoms with Crippen LogP contribution in [0, 0.1) is 5.92 Å². The van der Waals surface area contributed by atoms with Crippen LogP contribution in [0.3, 0.4) is 0 Å². The highest BCUT2D eigenvalue weighted by atomic mass is 16.3. The fourth-order valence-electron chi connectivity index (χ4n) is 2.75. The highest BCUT2D eigenvalue weighted by molar-refractivity contribution is 5.25. The van der Waals surface area contributed by atoms with Gasteiger partial charge in [-0.3, -0.25) is 4.68 Å². The van der Waals surface area contributed by atoms with E-state index in [1.54, 1.807) is 0 Å². The van der Waals surface area contributed by atoms with E-state index in [1.165, 1.54) is 36.9 Å². The predicted octanol–water partition coefficient (Wildman–Crippen LogP) is 1.25. The Morgan fingerprint density at radius 1 is 1.41 bits per heavy atom. The second-order valence-electron chi connectivity index (χ2n) is 5.29. The molecule has 1 unspecified atom stereocenters. The quantitative estimate of drug-likeness (QED) is 0.807. The lowest BCUT2D eigenvalue weighted by molar-refractivity contribution is 0.266. The molecule has 1 fully saturated rings. The van der Waals surface area contributed by atoms with Crippen LogP contribution in [0.25, 0.3) is 0 Å². The zero-order valence-electron chi connectivity index (χ0n) is 10.2. The summed E-state index contributed by atoms with van der Waals surface area (Å²) in [5, 5.41) is 17.1. The normalized spacial score (nSPS) is 23.7. The van der Waals surface area contributed by atoms with E-state index in [2.05, 4.69) is 10.4 Å². The maximum Gasteiger partial charge on any atom is 0.0644 e. The van der Waals surface area contributed by atoms with Gasteiger partial charge in [0, 0.05) is 17.3 Å². The van der Waals surface area contributed by atoms with Crippen LogP contribution < -0.4 is 5.32 Å². The van der Waals surface area contributed by atoms with Gasteiger partial charge in [-0.15, -0.1) is 0 Å². The van der Waals surface area contributed by atoms with Gasteiger partial charge in [-0.05, 0) is 44.6 Å². The van der Waals surface area contributed by atoms with Crippen molar-refractivity contribution in [1.29, 1.82) is 0 Å². The van der Waals surface area contributed by atoms with E-state index in [9.17, 15) is 0 Å². The lowest BCUT2D eigenvalue weighted by atomic mass is 9.93. The van der Waals surface area contributed by atoms with Gasteiger partial charge in [0.1, 0.15) is 0 Å². The van der Waals surface area contributed by atoms with Gasteiger partial charge in [-0.2, -0.15) is 5.10 Å². The molecule has 2 aliphatic rings. The molecule has 0 bridgehead atoms. The molecule has 2 aliphatic carbocycles. The van der Waals surface area contributed by atoms with Crippen LogP contribution in [0.2, 0.25) is 0 Å². The Balaban J connectivity index is 1.71. The van der Waals surface area contributed by atoms with E-state index in [0.717, 1.165) is 18.9 Å². The summed E-state index contributed by atoms with van der Waals surface area (Å²) in [5.74, 6) is 0.924. The molecule has 0 spiro atoms. The lowest BCUT2D eigenvalue weighted by Gasteiger charge is -2.24. The van der Waals surface area contributed by atoms with Crippen LogP contribution in [0.15, 0.2) is 6.20 Å². The number of nitrogens with zero attached hydrogens (tertiary/aromatic N) is 2. The number of aliphatic hydroxyl groups is 1. The summed E-state index contributed by atoms with van der Waals surface area (Å²) < 4.78 is 1.97. The van der Waals surface area contributed by atoms with Gasteiger partial charge >= 0.3 is 0 Å². The van der Waals surface area contributed by atoms with Crippen LogP contribution in [-0.2, 0) is 13.0 Å². The molecular weight excluding hydrogens is 214 g/mol. The second kappa shape index (κ2) is 4.78. The summed E-state index contributed by atoms with van der Waals surface area (Å²) in [6.07, 6.45) is 8.36. The van der Waals surface area contributed by atoms with Gasteiger partial charge < -0.3 is 10.4 Å². The number of rotatable bonds is 5. The fourth-order valence-corrected chi connectivity index (χ4v) is 2.75. The Hall–Kier alpha value is -0.870. The highest BCUT2D eigenvalue weighted by Gasteiger charge is 2.27. The molecule has 94 valence electrons. The first-order valence-electron chi connectivity index (χ1n) is 6.77. The molecule has 1 aromatic rings. The molecule has 1 atom stereocenters. The smallest absolute Gasteiger partial charge is 0.0644 e. The zero-order chi connectivity index (χ0) is 11.7. The summed E-state index contributed by atoms with van der Waals surface area (Å²) in [6, 6.07) is 0.492. The number of aliphatic hydroxyl groups excluding tert-OH is 1. The second-order valence-corrected chi connectivity index (χ2v) is 5.29. The van der Waals surface area contributed by atoms with Crippen molar-refractivity contribution in [2.45, 2.75) is 44.7 Å². The molecule has 0 aliphatic heterocycles. The number of aromatic nitrogens is 2. The van der Waals surface area contributed by atoms with Gasteiger partial charge in [0.05, 0.1) is 19.3 Å². The van der Waals surface area contributed by atoms with Gasteiger partial charge in [0.15, 0.2) is 0 Å². The Morgan fingerprint density at radius 3 is 3.06 bits per heavy atom. The molecule has 1 aromatic heterocycles. The first-order chi connectivity index (χ1) is 8.38. The van der Waals surface area contributed by atoms with E-state index in [1.807, 2.05) is 10.9 Å². The monoisotopic (exact) mass is 235 g/mol. The maximum absolute atomic E-state index is 9.01. The molecule has 2 N–H and O–H groups in total. The third-order valence-electron chi connectivity index (χ3n) is 3.92. The van der Waals surface area contributed by atoms with Gasteiger partial charge in [0.25, 0.3) is 0 Å². The molecule has 17 heavy (non-hydrogen) atoms. The maximum atomic E-state index is 9.01. The molecule has 4 nitrogen and oxygen atoms in total. The molecule has 0 aromatic carbocycles. The number of fused-ring (bicyclic) bond motifs is 1.